The maximum atomic E-state index is 4.27. The topological polar surface area (TPSA) is 36.3 Å². The van der Waals surface area contributed by atoms with E-state index in [2.05, 4.69) is 47.4 Å². The molecule has 0 aromatic carbocycles. The van der Waals surface area contributed by atoms with Gasteiger partial charge in [-0.1, -0.05) is 6.92 Å². The summed E-state index contributed by atoms with van der Waals surface area (Å²) >= 11 is 0. The molecule has 108 valence electrons. The molecule has 1 N–H and O–H groups in total. The number of hydrogen-bond acceptors (Lipinski definition) is 4. The Labute approximate surface area is 116 Å². The van der Waals surface area contributed by atoms with E-state index >= 15 is 0 Å². The van der Waals surface area contributed by atoms with E-state index in [1.807, 2.05) is 17.9 Å². The average Bonchev–Trinajstić information content (AvgIpc) is 2.77. The van der Waals surface area contributed by atoms with Crippen LogP contribution in [0.25, 0.3) is 0 Å². The Morgan fingerprint density at radius 2 is 2.16 bits per heavy atom. The fourth-order valence-corrected chi connectivity index (χ4v) is 2.92. The van der Waals surface area contributed by atoms with Gasteiger partial charge in [-0.25, -0.2) is 0 Å². The van der Waals surface area contributed by atoms with E-state index in [0.717, 1.165) is 26.1 Å². The van der Waals surface area contributed by atoms with Crippen LogP contribution in [-0.4, -0.2) is 71.9 Å². The summed E-state index contributed by atoms with van der Waals surface area (Å²) < 4.78 is 1.88. The number of piperazine rings is 1. The Morgan fingerprint density at radius 1 is 1.37 bits per heavy atom. The minimum absolute atomic E-state index is 0.488. The monoisotopic (exact) mass is 265 g/mol. The molecule has 5 heteroatoms. The molecule has 2 rings (SSSR count). The fourth-order valence-electron chi connectivity index (χ4n) is 2.92. The van der Waals surface area contributed by atoms with Gasteiger partial charge < -0.3 is 10.2 Å². The SMILES string of the molecule is CCNC(Cc1cnn(C)c1)C1CN(C)CCN1C. The minimum Gasteiger partial charge on any atom is -0.312 e. The van der Waals surface area contributed by atoms with Crippen molar-refractivity contribution >= 4 is 0 Å². The van der Waals surface area contributed by atoms with Crippen LogP contribution in [0.4, 0.5) is 0 Å². The Balaban J connectivity index is 2.05. The van der Waals surface area contributed by atoms with Crippen molar-refractivity contribution in [1.82, 2.24) is 24.9 Å². The van der Waals surface area contributed by atoms with Gasteiger partial charge in [0.05, 0.1) is 6.20 Å². The van der Waals surface area contributed by atoms with Crippen molar-refractivity contribution in [3.63, 3.8) is 0 Å². The summed E-state index contributed by atoms with van der Waals surface area (Å²) in [5, 5.41) is 7.93. The van der Waals surface area contributed by atoms with Gasteiger partial charge in [0.25, 0.3) is 0 Å². The smallest absolute Gasteiger partial charge is 0.0522 e. The van der Waals surface area contributed by atoms with Crippen LogP contribution < -0.4 is 5.32 Å². The van der Waals surface area contributed by atoms with Crippen LogP contribution in [0.1, 0.15) is 12.5 Å². The molecule has 2 heterocycles. The van der Waals surface area contributed by atoms with Crippen LogP contribution in [0, 0.1) is 0 Å². The van der Waals surface area contributed by atoms with Crippen LogP contribution in [0.5, 0.6) is 0 Å². The summed E-state index contributed by atoms with van der Waals surface area (Å²) in [7, 11) is 6.44. The summed E-state index contributed by atoms with van der Waals surface area (Å²) in [4.78, 5) is 4.92. The lowest BCUT2D eigenvalue weighted by Crippen LogP contribution is -2.59. The minimum atomic E-state index is 0.488. The van der Waals surface area contributed by atoms with Gasteiger partial charge in [0.2, 0.25) is 0 Å². The average molecular weight is 265 g/mol. The standard InChI is InChI=1S/C14H27N5/c1-5-15-13(8-12-9-16-19(4)10-12)14-11-17(2)6-7-18(14)3/h9-10,13-15H,5-8,11H2,1-4H3. The largest absolute Gasteiger partial charge is 0.312 e. The molecule has 0 radical (unpaired) electrons. The summed E-state index contributed by atoms with van der Waals surface area (Å²) in [5.41, 5.74) is 1.31. The van der Waals surface area contributed by atoms with Crippen molar-refractivity contribution in [1.29, 1.82) is 0 Å². The van der Waals surface area contributed by atoms with E-state index in [9.17, 15) is 0 Å². The number of aromatic nitrogens is 2. The molecule has 1 aromatic rings. The number of hydrogen-bond donors (Lipinski definition) is 1. The van der Waals surface area contributed by atoms with Gasteiger partial charge in [0, 0.05) is 45.0 Å². The number of nitrogens with one attached hydrogen (secondary N) is 1. The van der Waals surface area contributed by atoms with E-state index in [1.54, 1.807) is 0 Å². The molecule has 0 bridgehead atoms. The molecule has 0 saturated carbocycles. The van der Waals surface area contributed by atoms with Crippen LogP contribution >= 0.6 is 0 Å². The number of rotatable bonds is 5. The molecule has 0 aliphatic carbocycles. The molecule has 1 saturated heterocycles. The molecular formula is C14H27N5. The molecule has 5 nitrogen and oxygen atoms in total. The second kappa shape index (κ2) is 6.50. The number of likely N-dealkylation sites (N-methyl/N-ethyl adjacent to an activating group) is 3. The highest BCUT2D eigenvalue weighted by molar-refractivity contribution is 5.08. The van der Waals surface area contributed by atoms with Crippen molar-refractivity contribution in [3.05, 3.63) is 18.0 Å². The van der Waals surface area contributed by atoms with Crippen LogP contribution in [0.2, 0.25) is 0 Å². The van der Waals surface area contributed by atoms with Crippen LogP contribution in [0.15, 0.2) is 12.4 Å². The van der Waals surface area contributed by atoms with Gasteiger partial charge in [0.1, 0.15) is 0 Å². The van der Waals surface area contributed by atoms with E-state index < -0.39 is 0 Å². The van der Waals surface area contributed by atoms with E-state index in [-0.39, 0.29) is 0 Å². The van der Waals surface area contributed by atoms with Crippen molar-refractivity contribution in [2.45, 2.75) is 25.4 Å². The second-order valence-electron chi connectivity index (χ2n) is 5.70. The van der Waals surface area contributed by atoms with Gasteiger partial charge in [-0.05, 0) is 32.6 Å². The predicted molar refractivity (Wildman–Crippen MR) is 78.3 cm³/mol. The summed E-state index contributed by atoms with van der Waals surface area (Å²) in [6, 6.07) is 1.06. The van der Waals surface area contributed by atoms with E-state index in [1.165, 1.54) is 12.1 Å². The quantitative estimate of drug-likeness (QED) is 0.824. The molecule has 2 atom stereocenters. The maximum absolute atomic E-state index is 4.27. The van der Waals surface area contributed by atoms with Crippen LogP contribution in [-0.2, 0) is 13.5 Å². The lowest BCUT2D eigenvalue weighted by Gasteiger charge is -2.42. The molecule has 1 fully saturated rings. The first-order chi connectivity index (χ1) is 9.10. The molecule has 19 heavy (non-hydrogen) atoms. The maximum Gasteiger partial charge on any atom is 0.0522 e. The van der Waals surface area contributed by atoms with Gasteiger partial charge in [0.15, 0.2) is 0 Å². The zero-order chi connectivity index (χ0) is 13.8. The molecule has 0 spiro atoms. The van der Waals surface area contributed by atoms with Gasteiger partial charge >= 0.3 is 0 Å². The Hall–Kier alpha value is -0.910. The molecule has 1 aromatic heterocycles. The van der Waals surface area contributed by atoms with E-state index in [4.69, 9.17) is 0 Å². The third-order valence-corrected chi connectivity index (χ3v) is 4.04. The summed E-state index contributed by atoms with van der Waals surface area (Å²) in [5.74, 6) is 0. The van der Waals surface area contributed by atoms with Crippen molar-refractivity contribution in [2.24, 2.45) is 7.05 Å². The molecule has 1 aliphatic rings. The summed E-state index contributed by atoms with van der Waals surface area (Å²) in [6.45, 7) is 6.64. The van der Waals surface area contributed by atoms with Gasteiger partial charge in [-0.15, -0.1) is 0 Å². The first kappa shape index (κ1) is 14.5. The molecule has 2 unspecified atom stereocenters. The Bertz CT molecular complexity index is 389. The highest BCUT2D eigenvalue weighted by Crippen LogP contribution is 2.14. The normalized spacial score (nSPS) is 23.7. The zero-order valence-electron chi connectivity index (χ0n) is 12.6. The van der Waals surface area contributed by atoms with Gasteiger partial charge in [-0.2, -0.15) is 5.10 Å². The first-order valence-corrected chi connectivity index (χ1v) is 7.19. The molecular weight excluding hydrogens is 238 g/mol. The highest BCUT2D eigenvalue weighted by atomic mass is 15.3. The van der Waals surface area contributed by atoms with Gasteiger partial charge in [-0.3, -0.25) is 9.58 Å². The van der Waals surface area contributed by atoms with Crippen molar-refractivity contribution in [2.75, 3.05) is 40.3 Å². The van der Waals surface area contributed by atoms with E-state index in [0.29, 0.717) is 12.1 Å². The first-order valence-electron chi connectivity index (χ1n) is 7.19. The molecule has 0 amide bonds. The van der Waals surface area contributed by atoms with Crippen LogP contribution in [0.3, 0.4) is 0 Å². The third kappa shape index (κ3) is 3.78. The zero-order valence-corrected chi connectivity index (χ0v) is 12.6. The summed E-state index contributed by atoms with van der Waals surface area (Å²) in [6.07, 6.45) is 5.15. The predicted octanol–water partition coefficient (Wildman–Crippen LogP) is 0.187. The highest BCUT2D eigenvalue weighted by Gasteiger charge is 2.29. The Morgan fingerprint density at radius 3 is 2.79 bits per heavy atom. The Kier molecular flexibility index (Phi) is 4.96. The number of aryl methyl sites for hydroxylation is 1. The third-order valence-electron chi connectivity index (χ3n) is 4.04. The second-order valence-corrected chi connectivity index (χ2v) is 5.70. The fraction of sp³-hybridized carbons (Fsp3) is 0.786. The number of nitrogens with zero attached hydrogens (tertiary/aromatic N) is 4. The lowest BCUT2D eigenvalue weighted by atomic mass is 9.98. The van der Waals surface area contributed by atoms with Crippen molar-refractivity contribution in [3.8, 4) is 0 Å². The molecule has 1 aliphatic heterocycles. The van der Waals surface area contributed by atoms with Crippen molar-refractivity contribution < 1.29 is 0 Å². The lowest BCUT2D eigenvalue weighted by molar-refractivity contribution is 0.0881.